The molecule has 1 rings (SSSR count). The molecule has 0 saturated heterocycles. The molecule has 0 spiro atoms. The molecule has 0 N–H and O–H groups in total. The molecule has 1 aromatic carbocycles. The van der Waals surface area contributed by atoms with Gasteiger partial charge in [0.2, 0.25) is 0 Å². The molecule has 0 fully saturated rings. The van der Waals surface area contributed by atoms with E-state index in [0.717, 1.165) is 12.8 Å². The summed E-state index contributed by atoms with van der Waals surface area (Å²) in [6.07, 6.45) is 2.09. The fraction of sp³-hybridized carbons (Fsp3) is 0.300. The lowest BCUT2D eigenvalue weighted by Crippen LogP contribution is -1.86. The lowest BCUT2D eigenvalue weighted by molar-refractivity contribution is 0.985. The van der Waals surface area contributed by atoms with E-state index in [1.165, 1.54) is 11.1 Å². The highest BCUT2D eigenvalue weighted by Gasteiger charge is 1.92. The van der Waals surface area contributed by atoms with Crippen LogP contribution in [0, 0.1) is 13.8 Å². The zero-order valence-corrected chi connectivity index (χ0v) is 6.43. The summed E-state index contributed by atoms with van der Waals surface area (Å²) in [5.41, 5.74) is 2.81. The molecule has 0 unspecified atom stereocenters. The number of aryl methyl sites for hydroxylation is 2. The monoisotopic (exact) mass is 133 g/mol. The van der Waals surface area contributed by atoms with Gasteiger partial charge >= 0.3 is 0 Å². The van der Waals surface area contributed by atoms with Crippen molar-refractivity contribution in [2.45, 2.75) is 19.8 Å². The number of hydrogen-bond acceptors (Lipinski definition) is 0. The van der Waals surface area contributed by atoms with E-state index in [1.807, 2.05) is 0 Å². The standard InChI is InChI=1S/C10H13/c1-3-6-10-8-5-4-7-9(10)2/h4-5,7-8H,1,3,6H2,2H3. The van der Waals surface area contributed by atoms with Crippen LogP contribution in [0.3, 0.4) is 0 Å². The quantitative estimate of drug-likeness (QED) is 0.582. The van der Waals surface area contributed by atoms with Gasteiger partial charge in [0, 0.05) is 0 Å². The van der Waals surface area contributed by atoms with Gasteiger partial charge < -0.3 is 0 Å². The molecule has 0 atom stereocenters. The van der Waals surface area contributed by atoms with Crippen molar-refractivity contribution < 1.29 is 0 Å². The second-order valence-corrected chi connectivity index (χ2v) is 2.53. The molecule has 0 saturated carbocycles. The Hall–Kier alpha value is -0.780. The zero-order chi connectivity index (χ0) is 7.40. The third-order valence-corrected chi connectivity index (χ3v) is 1.71. The fourth-order valence-electron chi connectivity index (χ4n) is 1.08. The normalized spacial score (nSPS) is 9.80. The highest BCUT2D eigenvalue weighted by molar-refractivity contribution is 5.25. The van der Waals surface area contributed by atoms with Crippen molar-refractivity contribution in [1.29, 1.82) is 0 Å². The Bertz CT molecular complexity index is 201. The highest BCUT2D eigenvalue weighted by Crippen LogP contribution is 2.08. The topological polar surface area (TPSA) is 0 Å². The molecule has 0 amide bonds. The molecule has 1 aromatic rings. The first-order chi connectivity index (χ1) is 4.84. The summed E-state index contributed by atoms with van der Waals surface area (Å²) in [6, 6.07) is 8.46. The SMILES string of the molecule is [CH2]CCc1ccccc1C. The molecule has 0 aliphatic rings. The summed E-state index contributed by atoms with van der Waals surface area (Å²) in [5.74, 6) is 0. The van der Waals surface area contributed by atoms with Crippen LogP contribution in [0.25, 0.3) is 0 Å². The predicted octanol–water partition coefficient (Wildman–Crippen LogP) is 2.76. The molecular weight excluding hydrogens is 120 g/mol. The summed E-state index contributed by atoms with van der Waals surface area (Å²) >= 11 is 0. The van der Waals surface area contributed by atoms with Crippen LogP contribution in [0.15, 0.2) is 24.3 Å². The second kappa shape index (κ2) is 3.40. The van der Waals surface area contributed by atoms with Crippen molar-refractivity contribution >= 4 is 0 Å². The number of rotatable bonds is 2. The van der Waals surface area contributed by atoms with Gasteiger partial charge in [-0.2, -0.15) is 0 Å². The van der Waals surface area contributed by atoms with Gasteiger partial charge in [-0.3, -0.25) is 0 Å². The van der Waals surface area contributed by atoms with E-state index in [2.05, 4.69) is 38.1 Å². The van der Waals surface area contributed by atoms with Crippen LogP contribution in [0.1, 0.15) is 17.5 Å². The first-order valence-corrected chi connectivity index (χ1v) is 3.68. The van der Waals surface area contributed by atoms with E-state index >= 15 is 0 Å². The lowest BCUT2D eigenvalue weighted by atomic mass is 10.1. The van der Waals surface area contributed by atoms with Crippen LogP contribution in [-0.4, -0.2) is 0 Å². The predicted molar refractivity (Wildman–Crippen MR) is 44.9 cm³/mol. The summed E-state index contributed by atoms with van der Waals surface area (Å²) < 4.78 is 0. The zero-order valence-electron chi connectivity index (χ0n) is 6.43. The van der Waals surface area contributed by atoms with Crippen molar-refractivity contribution in [3.63, 3.8) is 0 Å². The van der Waals surface area contributed by atoms with Gasteiger partial charge in [0.15, 0.2) is 0 Å². The minimum Gasteiger partial charge on any atom is -0.0620 e. The molecule has 0 heterocycles. The molecule has 10 heavy (non-hydrogen) atoms. The highest BCUT2D eigenvalue weighted by atomic mass is 14.0. The first-order valence-electron chi connectivity index (χ1n) is 3.68. The Kier molecular flexibility index (Phi) is 2.49. The average Bonchev–Trinajstić information content (AvgIpc) is 1.94. The molecule has 0 aliphatic heterocycles. The largest absolute Gasteiger partial charge is 0.0620 e. The van der Waals surface area contributed by atoms with Crippen LogP contribution in [0.2, 0.25) is 0 Å². The smallest absolute Gasteiger partial charge is 0.0276 e. The van der Waals surface area contributed by atoms with Crippen LogP contribution in [0.5, 0.6) is 0 Å². The molecule has 0 aliphatic carbocycles. The minimum absolute atomic E-state index is 0.991. The molecule has 0 nitrogen and oxygen atoms in total. The van der Waals surface area contributed by atoms with E-state index in [9.17, 15) is 0 Å². The number of hydrogen-bond donors (Lipinski definition) is 0. The minimum atomic E-state index is 0.991. The first kappa shape index (κ1) is 7.33. The maximum Gasteiger partial charge on any atom is -0.0276 e. The fourth-order valence-corrected chi connectivity index (χ4v) is 1.08. The Balaban J connectivity index is 2.81. The van der Waals surface area contributed by atoms with Gasteiger partial charge in [-0.05, 0) is 30.9 Å². The molecule has 1 radical (unpaired) electrons. The summed E-state index contributed by atoms with van der Waals surface area (Å²) in [6.45, 7) is 5.97. The van der Waals surface area contributed by atoms with Crippen molar-refractivity contribution in [3.05, 3.63) is 42.3 Å². The average molecular weight is 133 g/mol. The molecular formula is C10H13. The second-order valence-electron chi connectivity index (χ2n) is 2.53. The Morgan fingerprint density at radius 2 is 2.00 bits per heavy atom. The van der Waals surface area contributed by atoms with Crippen LogP contribution >= 0.6 is 0 Å². The van der Waals surface area contributed by atoms with E-state index in [4.69, 9.17) is 0 Å². The third kappa shape index (κ3) is 1.60. The van der Waals surface area contributed by atoms with Gasteiger partial charge in [-0.1, -0.05) is 31.2 Å². The summed E-state index contributed by atoms with van der Waals surface area (Å²) in [7, 11) is 0. The van der Waals surface area contributed by atoms with Gasteiger partial charge in [-0.25, -0.2) is 0 Å². The van der Waals surface area contributed by atoms with E-state index < -0.39 is 0 Å². The third-order valence-electron chi connectivity index (χ3n) is 1.71. The van der Waals surface area contributed by atoms with Gasteiger partial charge in [0.05, 0.1) is 0 Å². The molecule has 53 valence electrons. The Morgan fingerprint density at radius 1 is 1.30 bits per heavy atom. The summed E-state index contributed by atoms with van der Waals surface area (Å²) in [5, 5.41) is 0. The molecule has 0 aromatic heterocycles. The van der Waals surface area contributed by atoms with Crippen molar-refractivity contribution in [1.82, 2.24) is 0 Å². The van der Waals surface area contributed by atoms with Crippen LogP contribution in [-0.2, 0) is 6.42 Å². The Labute approximate surface area is 62.9 Å². The van der Waals surface area contributed by atoms with Crippen molar-refractivity contribution in [2.75, 3.05) is 0 Å². The van der Waals surface area contributed by atoms with E-state index in [0.29, 0.717) is 0 Å². The number of benzene rings is 1. The maximum absolute atomic E-state index is 3.82. The van der Waals surface area contributed by atoms with Gasteiger partial charge in [0.25, 0.3) is 0 Å². The van der Waals surface area contributed by atoms with Gasteiger partial charge in [0.1, 0.15) is 0 Å². The maximum atomic E-state index is 3.82. The van der Waals surface area contributed by atoms with Crippen molar-refractivity contribution in [2.24, 2.45) is 0 Å². The van der Waals surface area contributed by atoms with Crippen molar-refractivity contribution in [3.8, 4) is 0 Å². The van der Waals surface area contributed by atoms with E-state index in [-0.39, 0.29) is 0 Å². The molecule has 0 heteroatoms. The summed E-state index contributed by atoms with van der Waals surface area (Å²) in [4.78, 5) is 0. The van der Waals surface area contributed by atoms with E-state index in [1.54, 1.807) is 0 Å². The van der Waals surface area contributed by atoms with Gasteiger partial charge in [-0.15, -0.1) is 0 Å². The molecule has 0 bridgehead atoms. The van der Waals surface area contributed by atoms with Crippen LogP contribution in [0.4, 0.5) is 0 Å². The lowest BCUT2D eigenvalue weighted by Gasteiger charge is -2.01. The van der Waals surface area contributed by atoms with Crippen LogP contribution < -0.4 is 0 Å². The Morgan fingerprint density at radius 3 is 2.60 bits per heavy atom.